The number of benzene rings is 1. The first-order chi connectivity index (χ1) is 24.3. The minimum atomic E-state index is -4.78. The summed E-state index contributed by atoms with van der Waals surface area (Å²) in [5.41, 5.74) is 12.0. The zero-order chi connectivity index (χ0) is 37.0. The Morgan fingerprint density at radius 1 is 1.06 bits per heavy atom. The van der Waals surface area contributed by atoms with Crippen molar-refractivity contribution in [2.45, 2.75) is 82.5 Å². The number of hydrogen-bond acceptors (Lipinski definition) is 9. The molecule has 14 nitrogen and oxygen atoms in total. The van der Waals surface area contributed by atoms with Gasteiger partial charge in [0.1, 0.15) is 23.7 Å². The van der Waals surface area contributed by atoms with Crippen molar-refractivity contribution < 1.29 is 32.7 Å². The SMILES string of the molecule is N#Cc1ccc(CCNC(=O)[C@@H]2CCCN2c2cc(N3CCC(CCCC(=O)N[C@H](CCCN=C(N)N)C(=O)O)CC3)nc(C(F)(F)F)n2)cc1. The Morgan fingerprint density at radius 3 is 2.41 bits per heavy atom. The van der Waals surface area contributed by atoms with Crippen molar-refractivity contribution in [3.8, 4) is 6.07 Å². The van der Waals surface area contributed by atoms with Crippen molar-refractivity contribution in [3.05, 3.63) is 47.3 Å². The van der Waals surface area contributed by atoms with Gasteiger partial charge in [0.05, 0.1) is 11.6 Å². The molecule has 2 aliphatic rings. The van der Waals surface area contributed by atoms with Gasteiger partial charge in [0.25, 0.3) is 0 Å². The predicted molar refractivity (Wildman–Crippen MR) is 184 cm³/mol. The maximum atomic E-state index is 14.0. The van der Waals surface area contributed by atoms with Crippen LogP contribution in [0, 0.1) is 17.2 Å². The number of alkyl halides is 3. The highest BCUT2D eigenvalue weighted by Gasteiger charge is 2.39. The number of halogens is 3. The van der Waals surface area contributed by atoms with E-state index in [0.29, 0.717) is 83.1 Å². The molecule has 0 aliphatic carbocycles. The van der Waals surface area contributed by atoms with Crippen molar-refractivity contribution in [1.82, 2.24) is 20.6 Å². The molecule has 3 heterocycles. The van der Waals surface area contributed by atoms with Crippen LogP contribution in [0.4, 0.5) is 24.8 Å². The summed E-state index contributed by atoms with van der Waals surface area (Å²) >= 11 is 0. The maximum absolute atomic E-state index is 14.0. The van der Waals surface area contributed by atoms with Gasteiger partial charge < -0.3 is 37.0 Å². The number of amides is 2. The van der Waals surface area contributed by atoms with Crippen LogP contribution < -0.4 is 31.9 Å². The van der Waals surface area contributed by atoms with Crippen LogP contribution in [0.5, 0.6) is 0 Å². The fourth-order valence-electron chi connectivity index (χ4n) is 6.39. The van der Waals surface area contributed by atoms with Gasteiger partial charge in [-0.2, -0.15) is 18.4 Å². The summed E-state index contributed by atoms with van der Waals surface area (Å²) in [5, 5.41) is 23.8. The molecule has 0 radical (unpaired) electrons. The second kappa shape index (κ2) is 18.2. The molecule has 0 bridgehead atoms. The van der Waals surface area contributed by atoms with Gasteiger partial charge in [-0.15, -0.1) is 0 Å². The second-order valence-electron chi connectivity index (χ2n) is 12.8. The molecule has 1 aromatic carbocycles. The van der Waals surface area contributed by atoms with Crippen LogP contribution in [-0.4, -0.2) is 83.6 Å². The van der Waals surface area contributed by atoms with Crippen molar-refractivity contribution in [1.29, 1.82) is 5.26 Å². The van der Waals surface area contributed by atoms with Gasteiger partial charge in [-0.25, -0.2) is 14.8 Å². The van der Waals surface area contributed by atoms with Crippen LogP contribution in [0.3, 0.4) is 0 Å². The molecule has 1 aromatic heterocycles. The third kappa shape index (κ3) is 11.7. The Labute approximate surface area is 294 Å². The van der Waals surface area contributed by atoms with Gasteiger partial charge in [-0.3, -0.25) is 14.6 Å². The minimum Gasteiger partial charge on any atom is -0.480 e. The van der Waals surface area contributed by atoms with E-state index in [1.54, 1.807) is 21.9 Å². The first-order valence-corrected chi connectivity index (χ1v) is 17.2. The summed E-state index contributed by atoms with van der Waals surface area (Å²) in [6.07, 6.45) is 0.190. The van der Waals surface area contributed by atoms with Crippen LogP contribution in [0.15, 0.2) is 35.3 Å². The molecule has 0 unspecified atom stereocenters. The van der Waals surface area contributed by atoms with Gasteiger partial charge >= 0.3 is 12.1 Å². The smallest absolute Gasteiger partial charge is 0.451 e. The number of carboxylic acid groups (broad SMARTS) is 1. The van der Waals surface area contributed by atoms with Crippen LogP contribution >= 0.6 is 0 Å². The number of nitrogens with one attached hydrogen (secondary N) is 2. The second-order valence-corrected chi connectivity index (χ2v) is 12.8. The van der Waals surface area contributed by atoms with E-state index in [1.165, 1.54) is 6.07 Å². The number of nitriles is 1. The number of guanidine groups is 1. The summed E-state index contributed by atoms with van der Waals surface area (Å²) in [7, 11) is 0. The van der Waals surface area contributed by atoms with Crippen LogP contribution in [-0.2, 0) is 27.0 Å². The van der Waals surface area contributed by atoms with Gasteiger partial charge in [0, 0.05) is 45.2 Å². The zero-order valence-corrected chi connectivity index (χ0v) is 28.4. The number of aliphatic imine (C=N–C) groups is 1. The largest absolute Gasteiger partial charge is 0.480 e. The van der Waals surface area contributed by atoms with Crippen LogP contribution in [0.25, 0.3) is 0 Å². The maximum Gasteiger partial charge on any atom is 0.451 e. The molecule has 276 valence electrons. The lowest BCUT2D eigenvalue weighted by Crippen LogP contribution is -2.44. The van der Waals surface area contributed by atoms with E-state index < -0.39 is 30.1 Å². The normalized spacial score (nSPS) is 17.0. The number of aromatic nitrogens is 2. The summed E-state index contributed by atoms with van der Waals surface area (Å²) in [4.78, 5) is 52.1. The van der Waals surface area contributed by atoms with Gasteiger partial charge in [-0.1, -0.05) is 12.1 Å². The number of piperidine rings is 1. The molecule has 17 heteroatoms. The zero-order valence-electron chi connectivity index (χ0n) is 28.4. The van der Waals surface area contributed by atoms with E-state index in [-0.39, 0.29) is 54.7 Å². The highest BCUT2D eigenvalue weighted by atomic mass is 19.4. The van der Waals surface area contributed by atoms with E-state index in [4.69, 9.17) is 16.7 Å². The number of anilines is 2. The lowest BCUT2D eigenvalue weighted by molar-refractivity contribution is -0.145. The van der Waals surface area contributed by atoms with Gasteiger partial charge in [0.15, 0.2) is 5.96 Å². The third-order valence-electron chi connectivity index (χ3n) is 9.13. The van der Waals surface area contributed by atoms with E-state index in [2.05, 4.69) is 31.7 Å². The van der Waals surface area contributed by atoms with E-state index in [0.717, 1.165) is 5.56 Å². The molecular formula is C34H45F3N10O4. The summed E-state index contributed by atoms with van der Waals surface area (Å²) in [6.45, 7) is 1.89. The minimum absolute atomic E-state index is 0.0566. The molecule has 2 aromatic rings. The molecular weight excluding hydrogens is 669 g/mol. The number of hydrogen-bond donors (Lipinski definition) is 5. The fourth-order valence-corrected chi connectivity index (χ4v) is 6.39. The topological polar surface area (TPSA) is 216 Å². The van der Waals surface area contributed by atoms with Gasteiger partial charge in [0.2, 0.25) is 17.6 Å². The van der Waals surface area contributed by atoms with Gasteiger partial charge in [-0.05, 0) is 81.4 Å². The summed E-state index contributed by atoms with van der Waals surface area (Å²) in [5.74, 6) is -2.69. The highest BCUT2D eigenvalue weighted by Crippen LogP contribution is 2.34. The average molecular weight is 715 g/mol. The molecule has 4 rings (SSSR count). The number of nitrogens with two attached hydrogens (primary N) is 2. The van der Waals surface area contributed by atoms with Crippen molar-refractivity contribution >= 4 is 35.4 Å². The third-order valence-corrected chi connectivity index (χ3v) is 9.13. The number of carbonyl (C=O) groups excluding carboxylic acids is 2. The molecule has 2 atom stereocenters. The monoisotopic (exact) mass is 714 g/mol. The van der Waals surface area contributed by atoms with Crippen LogP contribution in [0.1, 0.15) is 74.7 Å². The molecule has 2 fully saturated rings. The summed E-state index contributed by atoms with van der Waals surface area (Å²) in [6, 6.07) is 8.91. The highest BCUT2D eigenvalue weighted by molar-refractivity contribution is 5.86. The Morgan fingerprint density at radius 2 is 1.76 bits per heavy atom. The Kier molecular flexibility index (Phi) is 13.8. The molecule has 2 saturated heterocycles. The molecule has 2 amide bonds. The number of nitrogens with zero attached hydrogens (tertiary/aromatic N) is 6. The molecule has 0 spiro atoms. The number of aliphatic carboxylic acids is 1. The lowest BCUT2D eigenvalue weighted by Gasteiger charge is -2.34. The quantitative estimate of drug-likeness (QED) is 0.0968. The molecule has 2 aliphatic heterocycles. The van der Waals surface area contributed by atoms with Crippen molar-refractivity contribution in [2.75, 3.05) is 42.5 Å². The summed E-state index contributed by atoms with van der Waals surface area (Å²) < 4.78 is 42.0. The average Bonchev–Trinajstić information content (AvgIpc) is 3.60. The Bertz CT molecular complexity index is 1570. The first-order valence-electron chi connectivity index (χ1n) is 17.2. The van der Waals surface area contributed by atoms with E-state index >= 15 is 0 Å². The van der Waals surface area contributed by atoms with E-state index in [1.807, 2.05) is 12.1 Å². The Balaban J connectivity index is 1.30. The number of carbonyl (C=O) groups is 3. The van der Waals surface area contributed by atoms with Crippen molar-refractivity contribution in [2.24, 2.45) is 22.4 Å². The van der Waals surface area contributed by atoms with Crippen molar-refractivity contribution in [3.63, 3.8) is 0 Å². The number of rotatable bonds is 16. The standard InChI is InChI=1S/C34H45F3N10O4/c35-34(36,37)32-44-27(20-28(45-32)47-17-3-6-26(47)30(49)41-16-12-23-8-10-24(21-38)11-9-23)46-18-13-22(14-19-46)4-1-7-29(48)43-25(31(50)51)5-2-15-42-33(39)40/h8-11,20,22,25-26H,1-7,12-19H2,(H,41,49)(H,43,48)(H,50,51)(H4,39,40,42)/t25-,26+/m1/s1. The Hall–Kier alpha value is -5.14. The first kappa shape index (κ1) is 38.7. The predicted octanol–water partition coefficient (Wildman–Crippen LogP) is 2.70. The lowest BCUT2D eigenvalue weighted by atomic mass is 9.91. The molecule has 51 heavy (non-hydrogen) atoms. The molecule has 0 saturated carbocycles. The van der Waals surface area contributed by atoms with Crippen LogP contribution in [0.2, 0.25) is 0 Å². The fraction of sp³-hybridized carbons (Fsp3) is 0.559. The molecule has 7 N–H and O–H groups in total. The number of carboxylic acids is 1. The van der Waals surface area contributed by atoms with E-state index in [9.17, 15) is 32.7 Å².